The fourth-order valence-corrected chi connectivity index (χ4v) is 2.95. The van der Waals surface area contributed by atoms with Crippen molar-refractivity contribution in [2.24, 2.45) is 0 Å². The third kappa shape index (κ3) is 4.78. The van der Waals surface area contributed by atoms with E-state index >= 15 is 0 Å². The second-order valence-corrected chi connectivity index (χ2v) is 6.78. The lowest BCUT2D eigenvalue weighted by molar-refractivity contribution is -0.116. The highest BCUT2D eigenvalue weighted by Gasteiger charge is 2.12. The fourth-order valence-electron chi connectivity index (χ4n) is 2.46. The zero-order valence-corrected chi connectivity index (χ0v) is 16.1. The number of carbonyl (C=O) groups excluding carboxylic acids is 1. The van der Waals surface area contributed by atoms with Gasteiger partial charge in [-0.1, -0.05) is 59.5 Å². The highest BCUT2D eigenvalue weighted by molar-refractivity contribution is 6.39. The molecular weight excluding hydrogens is 387 g/mol. The number of aryl methyl sites for hydroxylation is 2. The van der Waals surface area contributed by atoms with Crippen molar-refractivity contribution in [2.45, 2.75) is 26.2 Å². The summed E-state index contributed by atoms with van der Waals surface area (Å²) in [5.74, 6) is 0.678. The van der Waals surface area contributed by atoms with Gasteiger partial charge in [-0.25, -0.2) is 0 Å². The zero-order chi connectivity index (χ0) is 19.4. The van der Waals surface area contributed by atoms with Gasteiger partial charge in [-0.3, -0.25) is 4.79 Å². The molecule has 6 nitrogen and oxygen atoms in total. The summed E-state index contributed by atoms with van der Waals surface area (Å²) >= 11 is 11.9. The molecule has 0 saturated carbocycles. The number of aromatic nitrogens is 2. The van der Waals surface area contributed by atoms with E-state index in [4.69, 9.17) is 33.5 Å². The smallest absolute Gasteiger partial charge is 0.227 e. The molecule has 140 valence electrons. The van der Waals surface area contributed by atoms with E-state index in [0.717, 1.165) is 12.0 Å². The summed E-state index contributed by atoms with van der Waals surface area (Å²) in [6.45, 7) is 2.10. The second kappa shape index (κ2) is 8.41. The monoisotopic (exact) mass is 404 g/mol. The van der Waals surface area contributed by atoms with Crippen LogP contribution in [0.3, 0.4) is 0 Å². The fraction of sp³-hybridized carbons (Fsp3) is 0.211. The number of hydrogen-bond donors (Lipinski definition) is 2. The molecular formula is C19H18Cl2N4O2. The maximum atomic E-state index is 12.1. The highest BCUT2D eigenvalue weighted by atomic mass is 35.5. The largest absolute Gasteiger partial charge is 0.396 e. The first-order valence-electron chi connectivity index (χ1n) is 8.42. The Hall–Kier alpha value is -2.57. The minimum atomic E-state index is -0.223. The summed E-state index contributed by atoms with van der Waals surface area (Å²) in [5, 5.41) is 7.26. The van der Waals surface area contributed by atoms with Crippen LogP contribution in [0.4, 0.5) is 11.4 Å². The minimum Gasteiger partial charge on any atom is -0.396 e. The molecule has 3 rings (SSSR count). The van der Waals surface area contributed by atoms with Gasteiger partial charge in [0.2, 0.25) is 17.6 Å². The topological polar surface area (TPSA) is 94.0 Å². The number of hydrogen-bond acceptors (Lipinski definition) is 5. The summed E-state index contributed by atoms with van der Waals surface area (Å²) in [4.78, 5) is 16.5. The Bertz CT molecular complexity index is 932. The number of carbonyl (C=O) groups is 1. The van der Waals surface area contributed by atoms with Crippen LogP contribution in [-0.4, -0.2) is 16.0 Å². The van der Waals surface area contributed by atoms with Gasteiger partial charge in [-0.2, -0.15) is 4.98 Å². The van der Waals surface area contributed by atoms with Crippen LogP contribution in [0.25, 0.3) is 11.4 Å². The standard InChI is InChI=1S/C19H18Cl2N4O2/c1-2-11-3-5-12(6-4-11)19-24-17(27-25-19)8-7-16(26)23-13-9-14(20)18(22)15(21)10-13/h3-6,9-10H,2,7-8,22H2,1H3,(H,23,26). The van der Waals surface area contributed by atoms with Gasteiger partial charge in [0.15, 0.2) is 0 Å². The van der Waals surface area contributed by atoms with Crippen LogP contribution in [0.1, 0.15) is 24.8 Å². The van der Waals surface area contributed by atoms with Crippen molar-refractivity contribution in [3.63, 3.8) is 0 Å². The molecule has 1 aromatic heterocycles. The molecule has 3 aromatic rings. The van der Waals surface area contributed by atoms with Gasteiger partial charge >= 0.3 is 0 Å². The van der Waals surface area contributed by atoms with E-state index in [1.165, 1.54) is 5.56 Å². The van der Waals surface area contributed by atoms with Gasteiger partial charge in [0.25, 0.3) is 0 Å². The molecule has 0 atom stereocenters. The molecule has 27 heavy (non-hydrogen) atoms. The highest BCUT2D eigenvalue weighted by Crippen LogP contribution is 2.31. The normalized spacial score (nSPS) is 10.8. The summed E-state index contributed by atoms with van der Waals surface area (Å²) in [7, 11) is 0. The molecule has 0 aliphatic rings. The van der Waals surface area contributed by atoms with E-state index in [-0.39, 0.29) is 28.1 Å². The first kappa shape index (κ1) is 19.2. The van der Waals surface area contributed by atoms with Crippen molar-refractivity contribution >= 4 is 40.5 Å². The van der Waals surface area contributed by atoms with Gasteiger partial charge in [0, 0.05) is 24.1 Å². The van der Waals surface area contributed by atoms with Crippen molar-refractivity contribution in [3.05, 3.63) is 57.9 Å². The van der Waals surface area contributed by atoms with E-state index in [0.29, 0.717) is 23.8 Å². The first-order chi connectivity index (χ1) is 13.0. The predicted octanol–water partition coefficient (Wildman–Crippen LogP) is 4.76. The van der Waals surface area contributed by atoms with Crippen LogP contribution in [0.2, 0.25) is 10.0 Å². The molecule has 0 spiro atoms. The molecule has 0 fully saturated rings. The Kier molecular flexibility index (Phi) is 5.98. The zero-order valence-electron chi connectivity index (χ0n) is 14.6. The third-order valence-electron chi connectivity index (χ3n) is 4.02. The molecule has 8 heteroatoms. The molecule has 3 N–H and O–H groups in total. The van der Waals surface area contributed by atoms with Gasteiger partial charge in [-0.05, 0) is 24.1 Å². The molecule has 2 aromatic carbocycles. The van der Waals surface area contributed by atoms with Crippen molar-refractivity contribution in [1.82, 2.24) is 10.1 Å². The predicted molar refractivity (Wildman–Crippen MR) is 107 cm³/mol. The number of amides is 1. The minimum absolute atomic E-state index is 0.177. The number of benzene rings is 2. The van der Waals surface area contributed by atoms with Gasteiger partial charge < -0.3 is 15.6 Å². The molecule has 1 amide bonds. The molecule has 0 aliphatic heterocycles. The Morgan fingerprint density at radius 1 is 1.19 bits per heavy atom. The lowest BCUT2D eigenvalue weighted by Gasteiger charge is -2.07. The summed E-state index contributed by atoms with van der Waals surface area (Å²) in [6, 6.07) is 11.1. The number of anilines is 2. The average Bonchev–Trinajstić information content (AvgIpc) is 3.13. The van der Waals surface area contributed by atoms with Crippen molar-refractivity contribution in [2.75, 3.05) is 11.1 Å². The molecule has 0 bridgehead atoms. The van der Waals surface area contributed by atoms with Crippen LogP contribution in [0.15, 0.2) is 40.9 Å². The summed E-state index contributed by atoms with van der Waals surface area (Å²) in [5.41, 5.74) is 8.55. The van der Waals surface area contributed by atoms with Crippen LogP contribution in [-0.2, 0) is 17.6 Å². The average molecular weight is 405 g/mol. The lowest BCUT2D eigenvalue weighted by Crippen LogP contribution is -2.12. The van der Waals surface area contributed by atoms with Gasteiger partial charge in [0.1, 0.15) is 0 Å². The van der Waals surface area contributed by atoms with Crippen molar-refractivity contribution in [3.8, 4) is 11.4 Å². The number of nitrogen functional groups attached to an aromatic ring is 1. The quantitative estimate of drug-likeness (QED) is 0.577. The first-order valence-corrected chi connectivity index (χ1v) is 9.18. The number of nitrogens with one attached hydrogen (secondary N) is 1. The summed E-state index contributed by atoms with van der Waals surface area (Å²) in [6.07, 6.45) is 1.47. The Labute approximate surface area is 166 Å². The molecule has 0 aliphatic carbocycles. The number of nitrogens with zero attached hydrogens (tertiary/aromatic N) is 2. The SMILES string of the molecule is CCc1ccc(-c2noc(CCC(=O)Nc3cc(Cl)c(N)c(Cl)c3)n2)cc1. The molecule has 0 radical (unpaired) electrons. The second-order valence-electron chi connectivity index (χ2n) is 5.96. The number of nitrogens with two attached hydrogens (primary N) is 1. The maximum Gasteiger partial charge on any atom is 0.227 e. The van der Waals surface area contributed by atoms with E-state index in [9.17, 15) is 4.79 Å². The van der Waals surface area contributed by atoms with Crippen molar-refractivity contribution in [1.29, 1.82) is 0 Å². The van der Waals surface area contributed by atoms with E-state index in [2.05, 4.69) is 22.4 Å². The Balaban J connectivity index is 1.58. The Morgan fingerprint density at radius 2 is 1.85 bits per heavy atom. The Morgan fingerprint density at radius 3 is 2.48 bits per heavy atom. The van der Waals surface area contributed by atoms with Crippen molar-refractivity contribution < 1.29 is 9.32 Å². The molecule has 0 unspecified atom stereocenters. The number of halogens is 2. The molecule has 0 saturated heterocycles. The van der Waals surface area contributed by atoms with E-state index in [1.807, 2.05) is 24.3 Å². The van der Waals surface area contributed by atoms with Gasteiger partial charge in [0.05, 0.1) is 15.7 Å². The van der Waals surface area contributed by atoms with E-state index < -0.39 is 0 Å². The summed E-state index contributed by atoms with van der Waals surface area (Å²) < 4.78 is 5.23. The maximum absolute atomic E-state index is 12.1. The van der Waals surface area contributed by atoms with Crippen LogP contribution in [0.5, 0.6) is 0 Å². The molecule has 1 heterocycles. The van der Waals surface area contributed by atoms with Crippen LogP contribution >= 0.6 is 23.2 Å². The van der Waals surface area contributed by atoms with Crippen LogP contribution < -0.4 is 11.1 Å². The van der Waals surface area contributed by atoms with Crippen LogP contribution in [0, 0.1) is 0 Å². The van der Waals surface area contributed by atoms with E-state index in [1.54, 1.807) is 12.1 Å². The lowest BCUT2D eigenvalue weighted by atomic mass is 10.1. The number of rotatable bonds is 6. The van der Waals surface area contributed by atoms with Gasteiger partial charge in [-0.15, -0.1) is 0 Å². The third-order valence-corrected chi connectivity index (χ3v) is 4.64.